The quantitative estimate of drug-likeness (QED) is 0.307. The maximum Gasteiger partial charge on any atom is 0.408 e. The van der Waals surface area contributed by atoms with Crippen LogP contribution >= 0.6 is 11.6 Å². The van der Waals surface area contributed by atoms with E-state index in [1.807, 2.05) is 37.3 Å². The molecule has 0 radical (unpaired) electrons. The minimum Gasteiger partial charge on any atom is -0.444 e. The molecule has 1 heterocycles. The first-order valence-corrected chi connectivity index (χ1v) is 10.9. The standard InChI is InChI=1S/C25H26ClNO6/c1-5-16-12-22(28)31-20-14-21(18(26)13-17(16)20)32-23(29)19(11-15-9-7-6-8-10-15)27-24(30)33-25(2,3)4/h6-10,12-14,19H,5,11H2,1-4H3,(H,27,30)/t19-/m0/s1. The van der Waals surface area contributed by atoms with Gasteiger partial charge in [-0.15, -0.1) is 0 Å². The number of fused-ring (bicyclic) bond motifs is 1. The molecule has 0 saturated heterocycles. The number of esters is 1. The van der Waals surface area contributed by atoms with E-state index in [-0.39, 0.29) is 22.8 Å². The molecular weight excluding hydrogens is 446 g/mol. The molecule has 3 aromatic rings. The van der Waals surface area contributed by atoms with Gasteiger partial charge in [0.25, 0.3) is 0 Å². The molecule has 0 aliphatic rings. The number of benzene rings is 2. The van der Waals surface area contributed by atoms with Crippen molar-refractivity contribution in [3.63, 3.8) is 0 Å². The Bertz CT molecular complexity index is 1210. The molecule has 0 aliphatic carbocycles. The summed E-state index contributed by atoms with van der Waals surface area (Å²) in [7, 11) is 0. The van der Waals surface area contributed by atoms with Crippen molar-refractivity contribution in [2.45, 2.75) is 52.2 Å². The fraction of sp³-hybridized carbons (Fsp3) is 0.320. The molecular formula is C25H26ClNO6. The first kappa shape index (κ1) is 24.3. The fourth-order valence-electron chi connectivity index (χ4n) is 3.27. The summed E-state index contributed by atoms with van der Waals surface area (Å²) in [4.78, 5) is 37.3. The number of nitrogens with one attached hydrogen (secondary N) is 1. The summed E-state index contributed by atoms with van der Waals surface area (Å²) < 4.78 is 16.1. The Hall–Kier alpha value is -3.32. The smallest absolute Gasteiger partial charge is 0.408 e. The molecule has 0 spiro atoms. The summed E-state index contributed by atoms with van der Waals surface area (Å²) in [5.74, 6) is -0.713. The molecule has 0 aliphatic heterocycles. The van der Waals surface area contributed by atoms with Crippen LogP contribution in [-0.4, -0.2) is 23.7 Å². The lowest BCUT2D eigenvalue weighted by Gasteiger charge is -2.23. The summed E-state index contributed by atoms with van der Waals surface area (Å²) in [6.07, 6.45) is 0.0407. The maximum atomic E-state index is 13.1. The molecule has 174 valence electrons. The number of hydrogen-bond acceptors (Lipinski definition) is 6. The van der Waals surface area contributed by atoms with Crippen LogP contribution in [0.1, 0.15) is 38.8 Å². The van der Waals surface area contributed by atoms with E-state index in [0.717, 1.165) is 11.1 Å². The van der Waals surface area contributed by atoms with E-state index in [9.17, 15) is 14.4 Å². The zero-order chi connectivity index (χ0) is 24.2. The first-order valence-electron chi connectivity index (χ1n) is 10.6. The summed E-state index contributed by atoms with van der Waals surface area (Å²) in [6, 6.07) is 12.6. The van der Waals surface area contributed by atoms with Crippen LogP contribution in [0.25, 0.3) is 11.0 Å². The maximum absolute atomic E-state index is 13.1. The van der Waals surface area contributed by atoms with E-state index in [1.54, 1.807) is 26.8 Å². The Balaban J connectivity index is 1.89. The van der Waals surface area contributed by atoms with Gasteiger partial charge in [-0.05, 0) is 44.4 Å². The van der Waals surface area contributed by atoms with Crippen molar-refractivity contribution in [1.29, 1.82) is 0 Å². The fourth-order valence-corrected chi connectivity index (χ4v) is 3.47. The Morgan fingerprint density at radius 3 is 2.45 bits per heavy atom. The number of aryl methyl sites for hydroxylation is 1. The number of carbonyl (C=O) groups excluding carboxylic acids is 2. The highest BCUT2D eigenvalue weighted by Gasteiger charge is 2.27. The van der Waals surface area contributed by atoms with E-state index in [2.05, 4.69) is 5.32 Å². The monoisotopic (exact) mass is 471 g/mol. The third-order valence-corrected chi connectivity index (χ3v) is 5.03. The van der Waals surface area contributed by atoms with Crippen LogP contribution in [-0.2, 0) is 22.4 Å². The Kier molecular flexibility index (Phi) is 7.43. The van der Waals surface area contributed by atoms with Crippen LogP contribution in [0.15, 0.2) is 57.7 Å². The second kappa shape index (κ2) is 10.1. The van der Waals surface area contributed by atoms with Crippen LogP contribution in [0.3, 0.4) is 0 Å². The van der Waals surface area contributed by atoms with E-state index in [0.29, 0.717) is 11.8 Å². The van der Waals surface area contributed by atoms with Gasteiger partial charge < -0.3 is 19.2 Å². The summed E-state index contributed by atoms with van der Waals surface area (Å²) in [5.41, 5.74) is 0.605. The van der Waals surface area contributed by atoms with Gasteiger partial charge in [0.1, 0.15) is 17.2 Å². The highest BCUT2D eigenvalue weighted by molar-refractivity contribution is 6.33. The average Bonchev–Trinajstić information content (AvgIpc) is 2.73. The highest BCUT2D eigenvalue weighted by atomic mass is 35.5. The SMILES string of the molecule is CCc1cc(=O)oc2cc(OC(=O)[C@H](Cc3ccccc3)NC(=O)OC(C)(C)C)c(Cl)cc12. The molecule has 8 heteroatoms. The third kappa shape index (κ3) is 6.58. The van der Waals surface area contributed by atoms with Gasteiger partial charge in [-0.2, -0.15) is 0 Å². The summed E-state index contributed by atoms with van der Waals surface area (Å²) >= 11 is 6.36. The Morgan fingerprint density at radius 1 is 1.12 bits per heavy atom. The van der Waals surface area contributed by atoms with Gasteiger partial charge in [-0.1, -0.05) is 48.9 Å². The summed E-state index contributed by atoms with van der Waals surface area (Å²) in [5, 5.41) is 3.41. The Morgan fingerprint density at radius 2 is 1.82 bits per heavy atom. The van der Waals surface area contributed by atoms with Crippen LogP contribution in [0.4, 0.5) is 4.79 Å². The van der Waals surface area contributed by atoms with Crippen molar-refractivity contribution in [2.75, 3.05) is 0 Å². The van der Waals surface area contributed by atoms with Gasteiger partial charge in [0.15, 0.2) is 5.75 Å². The number of rotatable bonds is 6. The number of ether oxygens (including phenoxy) is 2. The van der Waals surface area contributed by atoms with Gasteiger partial charge in [-0.3, -0.25) is 0 Å². The van der Waals surface area contributed by atoms with Crippen molar-refractivity contribution < 1.29 is 23.5 Å². The molecule has 1 aromatic heterocycles. The number of halogens is 1. The molecule has 33 heavy (non-hydrogen) atoms. The predicted molar refractivity (Wildman–Crippen MR) is 126 cm³/mol. The van der Waals surface area contributed by atoms with E-state index < -0.39 is 29.3 Å². The molecule has 1 atom stereocenters. The van der Waals surface area contributed by atoms with E-state index in [1.165, 1.54) is 12.1 Å². The highest BCUT2D eigenvalue weighted by Crippen LogP contribution is 2.31. The van der Waals surface area contributed by atoms with Crippen LogP contribution in [0.2, 0.25) is 5.02 Å². The lowest BCUT2D eigenvalue weighted by Crippen LogP contribution is -2.46. The minimum absolute atomic E-state index is 0.0228. The number of carbonyl (C=O) groups is 2. The zero-order valence-corrected chi connectivity index (χ0v) is 19.7. The van der Waals surface area contributed by atoms with Gasteiger partial charge >= 0.3 is 17.7 Å². The molecule has 0 unspecified atom stereocenters. The lowest BCUT2D eigenvalue weighted by atomic mass is 10.1. The van der Waals surface area contributed by atoms with Crippen LogP contribution < -0.4 is 15.7 Å². The molecule has 1 N–H and O–H groups in total. The largest absolute Gasteiger partial charge is 0.444 e. The molecule has 7 nitrogen and oxygen atoms in total. The second-order valence-electron chi connectivity index (χ2n) is 8.53. The number of amides is 1. The third-order valence-electron chi connectivity index (χ3n) is 4.73. The molecule has 2 aromatic carbocycles. The first-order chi connectivity index (χ1) is 15.6. The molecule has 0 bridgehead atoms. The van der Waals surface area contributed by atoms with Gasteiger partial charge in [0.2, 0.25) is 0 Å². The molecule has 0 fully saturated rings. The van der Waals surface area contributed by atoms with Gasteiger partial charge in [0, 0.05) is 23.9 Å². The second-order valence-corrected chi connectivity index (χ2v) is 8.94. The van der Waals surface area contributed by atoms with E-state index in [4.69, 9.17) is 25.5 Å². The molecule has 0 saturated carbocycles. The molecule has 1 amide bonds. The zero-order valence-electron chi connectivity index (χ0n) is 18.9. The van der Waals surface area contributed by atoms with Crippen molar-refractivity contribution in [3.05, 3.63) is 75.1 Å². The van der Waals surface area contributed by atoms with Gasteiger partial charge in [0.05, 0.1) is 5.02 Å². The average molecular weight is 472 g/mol. The minimum atomic E-state index is -1.04. The topological polar surface area (TPSA) is 94.8 Å². The van der Waals surface area contributed by atoms with E-state index >= 15 is 0 Å². The number of alkyl carbamates (subject to hydrolysis) is 1. The van der Waals surface area contributed by atoms with Crippen molar-refractivity contribution in [3.8, 4) is 5.75 Å². The Labute approximate surface area is 196 Å². The number of hydrogen-bond donors (Lipinski definition) is 1. The normalized spacial score (nSPS) is 12.3. The van der Waals surface area contributed by atoms with Crippen LogP contribution in [0, 0.1) is 0 Å². The van der Waals surface area contributed by atoms with Crippen LogP contribution in [0.5, 0.6) is 5.75 Å². The predicted octanol–water partition coefficient (Wildman–Crippen LogP) is 5.05. The van der Waals surface area contributed by atoms with Gasteiger partial charge in [-0.25, -0.2) is 14.4 Å². The lowest BCUT2D eigenvalue weighted by molar-refractivity contribution is -0.136. The molecule has 3 rings (SSSR count). The van der Waals surface area contributed by atoms with Crippen molar-refractivity contribution in [2.24, 2.45) is 0 Å². The summed E-state index contributed by atoms with van der Waals surface area (Å²) in [6.45, 7) is 7.09. The van der Waals surface area contributed by atoms with Crippen molar-refractivity contribution >= 4 is 34.6 Å². The van der Waals surface area contributed by atoms with Crippen molar-refractivity contribution in [1.82, 2.24) is 5.32 Å².